The molecule has 0 bridgehead atoms. The molecular weight excluding hydrogens is 330 g/mol. The molecule has 21 heavy (non-hydrogen) atoms. The van der Waals surface area contributed by atoms with Gasteiger partial charge < -0.3 is 10.1 Å². The van der Waals surface area contributed by atoms with Gasteiger partial charge in [0.25, 0.3) is 0 Å². The number of carbonyl (C=O) groups excluding carboxylic acids is 1. The van der Waals surface area contributed by atoms with Gasteiger partial charge in [0, 0.05) is 17.4 Å². The van der Waals surface area contributed by atoms with E-state index in [0.29, 0.717) is 13.0 Å². The molecule has 0 aliphatic heterocycles. The molecule has 0 unspecified atom stereocenters. The van der Waals surface area contributed by atoms with E-state index in [9.17, 15) is 4.79 Å². The van der Waals surface area contributed by atoms with Gasteiger partial charge in [0.1, 0.15) is 5.75 Å². The molecule has 0 aliphatic carbocycles. The third-order valence-corrected chi connectivity index (χ3v) is 3.86. The van der Waals surface area contributed by atoms with Gasteiger partial charge in [-0.25, -0.2) is 0 Å². The smallest absolute Gasteiger partial charge is 0.219 e. The molecule has 0 fully saturated rings. The highest BCUT2D eigenvalue weighted by Crippen LogP contribution is 2.28. The van der Waals surface area contributed by atoms with Crippen LogP contribution in [0.4, 0.5) is 0 Å². The number of benzene rings is 2. The summed E-state index contributed by atoms with van der Waals surface area (Å²) in [5.74, 6) is 0.968. The summed E-state index contributed by atoms with van der Waals surface area (Å²) in [4.78, 5) is 11.5. The lowest BCUT2D eigenvalue weighted by Gasteiger charge is -2.10. The number of hydrogen-bond donors (Lipinski definition) is 1. The van der Waals surface area contributed by atoms with Crippen LogP contribution >= 0.6 is 15.9 Å². The third-order valence-electron chi connectivity index (χ3n) is 3.41. The minimum Gasteiger partial charge on any atom is -0.497 e. The first-order chi connectivity index (χ1) is 10.1. The van der Waals surface area contributed by atoms with Crippen LogP contribution in [0.5, 0.6) is 5.75 Å². The molecule has 3 nitrogen and oxygen atoms in total. The zero-order valence-corrected chi connectivity index (χ0v) is 14.0. The van der Waals surface area contributed by atoms with Crippen molar-refractivity contribution in [2.24, 2.45) is 0 Å². The van der Waals surface area contributed by atoms with Crippen LogP contribution in [0, 0.1) is 0 Å². The van der Waals surface area contributed by atoms with Gasteiger partial charge in [-0.1, -0.05) is 28.9 Å². The molecule has 0 aliphatic rings. The Morgan fingerprint density at radius 1 is 1.29 bits per heavy atom. The number of halogens is 1. The largest absolute Gasteiger partial charge is 0.497 e. The summed E-state index contributed by atoms with van der Waals surface area (Å²) in [5.41, 5.74) is 1.20. The molecule has 0 heterocycles. The monoisotopic (exact) mass is 349 g/mol. The Morgan fingerprint density at radius 3 is 2.81 bits per heavy atom. The Kier molecular flexibility index (Phi) is 5.62. The summed E-state index contributed by atoms with van der Waals surface area (Å²) in [7, 11) is 1.67. The first-order valence-corrected chi connectivity index (χ1v) is 7.96. The molecular formula is C17H20BrNO2. The molecule has 0 radical (unpaired) electrons. The number of hydrogen-bond acceptors (Lipinski definition) is 2. The van der Waals surface area contributed by atoms with Crippen LogP contribution < -0.4 is 10.1 Å². The topological polar surface area (TPSA) is 38.3 Å². The Hall–Kier alpha value is -1.55. The van der Waals surface area contributed by atoms with Crippen LogP contribution in [0.3, 0.4) is 0 Å². The fourth-order valence-corrected chi connectivity index (χ4v) is 2.88. The maximum Gasteiger partial charge on any atom is 0.219 e. The average molecular weight is 350 g/mol. The summed E-state index contributed by atoms with van der Waals surface area (Å²) >= 11 is 3.55. The zero-order chi connectivity index (χ0) is 15.2. The van der Waals surface area contributed by atoms with Crippen LogP contribution in [-0.4, -0.2) is 19.6 Å². The van der Waals surface area contributed by atoms with Gasteiger partial charge in [-0.2, -0.15) is 0 Å². The minimum absolute atomic E-state index is 0.120. The van der Waals surface area contributed by atoms with Crippen molar-refractivity contribution in [1.82, 2.24) is 5.32 Å². The molecule has 0 aromatic heterocycles. The normalized spacial score (nSPS) is 10.6. The molecule has 0 saturated heterocycles. The number of rotatable bonds is 6. The molecule has 0 atom stereocenters. The number of fused-ring (bicyclic) bond motifs is 1. The standard InChI is InChI=1S/C17H20BrNO2/c1-3-4-17(20)19-8-7-13-10-14(18)9-12-5-6-15(21-2)11-16(12)13/h5-6,9-11H,3-4,7-8H2,1-2H3,(H,19,20). The van der Waals surface area contributed by atoms with Gasteiger partial charge in [0.2, 0.25) is 5.91 Å². The zero-order valence-electron chi connectivity index (χ0n) is 12.4. The van der Waals surface area contributed by atoms with Crippen molar-refractivity contribution in [2.45, 2.75) is 26.2 Å². The van der Waals surface area contributed by atoms with Crippen molar-refractivity contribution in [3.05, 3.63) is 40.4 Å². The van der Waals surface area contributed by atoms with E-state index in [-0.39, 0.29) is 5.91 Å². The Bertz CT molecular complexity index is 640. The van der Waals surface area contributed by atoms with Crippen molar-refractivity contribution in [3.63, 3.8) is 0 Å². The summed E-state index contributed by atoms with van der Waals surface area (Å²) in [6.07, 6.45) is 2.27. The van der Waals surface area contributed by atoms with Crippen molar-refractivity contribution in [1.29, 1.82) is 0 Å². The molecule has 0 saturated carbocycles. The predicted molar refractivity (Wildman–Crippen MR) is 89.8 cm³/mol. The van der Waals surface area contributed by atoms with Gasteiger partial charge in [-0.05, 0) is 53.4 Å². The maximum absolute atomic E-state index is 11.5. The van der Waals surface area contributed by atoms with E-state index < -0.39 is 0 Å². The summed E-state index contributed by atoms with van der Waals surface area (Å²) in [5, 5.41) is 5.29. The van der Waals surface area contributed by atoms with Gasteiger partial charge >= 0.3 is 0 Å². The van der Waals surface area contributed by atoms with Crippen LogP contribution in [0.2, 0.25) is 0 Å². The quantitative estimate of drug-likeness (QED) is 0.853. The second-order valence-electron chi connectivity index (χ2n) is 5.00. The van der Waals surface area contributed by atoms with E-state index in [2.05, 4.69) is 39.4 Å². The van der Waals surface area contributed by atoms with Gasteiger partial charge in [-0.15, -0.1) is 0 Å². The number of amides is 1. The van der Waals surface area contributed by atoms with E-state index in [0.717, 1.165) is 23.1 Å². The second kappa shape index (κ2) is 7.46. The highest BCUT2D eigenvalue weighted by Gasteiger charge is 2.06. The average Bonchev–Trinajstić information content (AvgIpc) is 2.47. The molecule has 2 aromatic carbocycles. The van der Waals surface area contributed by atoms with Crippen molar-refractivity contribution in [3.8, 4) is 5.75 Å². The number of methoxy groups -OCH3 is 1. The molecule has 4 heteroatoms. The second-order valence-corrected chi connectivity index (χ2v) is 5.92. The number of carbonyl (C=O) groups is 1. The minimum atomic E-state index is 0.120. The highest BCUT2D eigenvalue weighted by molar-refractivity contribution is 9.10. The molecule has 1 amide bonds. The fourth-order valence-electron chi connectivity index (χ4n) is 2.36. The molecule has 1 N–H and O–H groups in total. The first kappa shape index (κ1) is 15.8. The highest BCUT2D eigenvalue weighted by atomic mass is 79.9. The van der Waals surface area contributed by atoms with Crippen LogP contribution in [0.15, 0.2) is 34.8 Å². The van der Waals surface area contributed by atoms with E-state index in [1.807, 2.05) is 19.1 Å². The summed E-state index contributed by atoms with van der Waals surface area (Å²) in [6.45, 7) is 2.66. The fraction of sp³-hybridized carbons (Fsp3) is 0.353. The first-order valence-electron chi connectivity index (χ1n) is 7.17. The molecule has 112 valence electrons. The summed E-state index contributed by atoms with van der Waals surface area (Å²) in [6, 6.07) is 10.3. The Labute approximate surface area is 133 Å². The number of nitrogens with one attached hydrogen (secondary N) is 1. The van der Waals surface area contributed by atoms with Gasteiger partial charge in [0.05, 0.1) is 7.11 Å². The lowest BCUT2D eigenvalue weighted by molar-refractivity contribution is -0.121. The van der Waals surface area contributed by atoms with Crippen molar-refractivity contribution in [2.75, 3.05) is 13.7 Å². The van der Waals surface area contributed by atoms with Crippen LogP contribution in [0.1, 0.15) is 25.3 Å². The SMILES string of the molecule is CCCC(=O)NCCc1cc(Br)cc2ccc(OC)cc12. The van der Waals surface area contributed by atoms with E-state index in [4.69, 9.17) is 4.74 Å². The van der Waals surface area contributed by atoms with Crippen molar-refractivity contribution >= 4 is 32.6 Å². The Morgan fingerprint density at radius 2 is 2.10 bits per heavy atom. The molecule has 2 rings (SSSR count). The van der Waals surface area contributed by atoms with Gasteiger partial charge in [-0.3, -0.25) is 4.79 Å². The van der Waals surface area contributed by atoms with Crippen LogP contribution in [-0.2, 0) is 11.2 Å². The summed E-state index contributed by atoms with van der Waals surface area (Å²) < 4.78 is 6.35. The van der Waals surface area contributed by atoms with Gasteiger partial charge in [0.15, 0.2) is 0 Å². The van der Waals surface area contributed by atoms with E-state index in [1.54, 1.807) is 7.11 Å². The maximum atomic E-state index is 11.5. The predicted octanol–water partition coefficient (Wildman–Crippen LogP) is 4.07. The molecule has 0 spiro atoms. The lowest BCUT2D eigenvalue weighted by atomic mass is 10.0. The van der Waals surface area contributed by atoms with Crippen LogP contribution in [0.25, 0.3) is 10.8 Å². The third kappa shape index (κ3) is 4.21. The van der Waals surface area contributed by atoms with Crippen molar-refractivity contribution < 1.29 is 9.53 Å². The van der Waals surface area contributed by atoms with E-state index >= 15 is 0 Å². The Balaban J connectivity index is 2.19. The molecule has 2 aromatic rings. The lowest BCUT2D eigenvalue weighted by Crippen LogP contribution is -2.25. The number of ether oxygens (including phenoxy) is 1. The van der Waals surface area contributed by atoms with E-state index in [1.165, 1.54) is 16.3 Å².